The highest BCUT2D eigenvalue weighted by molar-refractivity contribution is 5.42. The minimum Gasteiger partial charge on any atom is -0.490 e. The fourth-order valence-corrected chi connectivity index (χ4v) is 4.33. The molecule has 0 bridgehead atoms. The number of aryl methyl sites for hydroxylation is 2. The fraction of sp³-hybridized carbons (Fsp3) is 0.727. The number of hydrogen-bond donors (Lipinski definition) is 1. The van der Waals surface area contributed by atoms with E-state index in [-0.39, 0.29) is 6.61 Å². The maximum atomic E-state index is 11.2. The van der Waals surface area contributed by atoms with Crippen LogP contribution in [0.1, 0.15) is 55.2 Å². The molecule has 0 amide bonds. The Bertz CT molecular complexity index is 595. The predicted octanol–water partition coefficient (Wildman–Crippen LogP) is 3.78. The Morgan fingerprint density at radius 3 is 2.62 bits per heavy atom. The number of benzene rings is 1. The molecule has 1 aliphatic carbocycles. The van der Waals surface area contributed by atoms with Crippen LogP contribution < -0.4 is 4.74 Å². The second kappa shape index (κ2) is 8.73. The lowest BCUT2D eigenvalue weighted by Gasteiger charge is -2.35. The smallest absolute Gasteiger partial charge is 0.134 e. The maximum absolute atomic E-state index is 11.2. The lowest BCUT2D eigenvalue weighted by atomic mass is 10.0. The van der Waals surface area contributed by atoms with Crippen LogP contribution >= 0.6 is 0 Å². The number of rotatable bonds is 4. The summed E-state index contributed by atoms with van der Waals surface area (Å²) < 4.78 is 11.9. The van der Waals surface area contributed by atoms with Gasteiger partial charge in [0.1, 0.15) is 18.0 Å². The molecule has 4 nitrogen and oxygen atoms in total. The topological polar surface area (TPSA) is 41.9 Å². The summed E-state index contributed by atoms with van der Waals surface area (Å²) in [4.78, 5) is 2.45. The van der Waals surface area contributed by atoms with Gasteiger partial charge in [-0.25, -0.2) is 0 Å². The van der Waals surface area contributed by atoms with E-state index in [2.05, 4.69) is 37.8 Å². The quantitative estimate of drug-likeness (QED) is 0.829. The first-order chi connectivity index (χ1) is 12.5. The summed E-state index contributed by atoms with van der Waals surface area (Å²) in [7, 11) is 0. The van der Waals surface area contributed by atoms with Crippen LogP contribution in [0, 0.1) is 20.8 Å². The van der Waals surface area contributed by atoms with E-state index in [1.54, 1.807) is 0 Å². The average molecular weight is 362 g/mol. The summed E-state index contributed by atoms with van der Waals surface area (Å²) in [6, 6.07) is 4.81. The molecule has 1 saturated carbocycles. The first-order valence-corrected chi connectivity index (χ1v) is 10.2. The SMILES string of the molecule is Cc1cc(C)c(C)c(OCC2(O)COCCN(C3CCCCCC3)C2)c1. The van der Waals surface area contributed by atoms with E-state index in [0.717, 1.165) is 17.9 Å². The summed E-state index contributed by atoms with van der Waals surface area (Å²) >= 11 is 0. The average Bonchev–Trinajstić information content (AvgIpc) is 2.98. The molecule has 146 valence electrons. The molecule has 1 unspecified atom stereocenters. The van der Waals surface area contributed by atoms with Crippen LogP contribution in [0.2, 0.25) is 0 Å². The standard InChI is InChI=1S/C22H35NO3/c1-17-12-18(2)19(3)21(13-17)26-16-22(24)14-23(10-11-25-15-22)20-8-6-4-5-7-9-20/h12-13,20,24H,4-11,14-16H2,1-3H3. The Morgan fingerprint density at radius 2 is 1.88 bits per heavy atom. The number of nitrogens with zero attached hydrogens (tertiary/aromatic N) is 1. The van der Waals surface area contributed by atoms with Crippen LogP contribution in [0.4, 0.5) is 0 Å². The third kappa shape index (κ3) is 4.99. The molecule has 0 radical (unpaired) electrons. The normalized spacial score (nSPS) is 26.3. The van der Waals surface area contributed by atoms with Gasteiger partial charge in [0.05, 0.1) is 13.2 Å². The third-order valence-electron chi connectivity index (χ3n) is 5.99. The Balaban J connectivity index is 1.67. The molecule has 2 aliphatic rings. The monoisotopic (exact) mass is 361 g/mol. The minimum atomic E-state index is -0.951. The molecule has 2 fully saturated rings. The van der Waals surface area contributed by atoms with E-state index in [1.807, 2.05) is 0 Å². The van der Waals surface area contributed by atoms with Gasteiger partial charge in [-0.15, -0.1) is 0 Å². The highest BCUT2D eigenvalue weighted by Crippen LogP contribution is 2.27. The zero-order chi connectivity index (χ0) is 18.6. The maximum Gasteiger partial charge on any atom is 0.134 e. The molecule has 1 atom stereocenters. The van der Waals surface area contributed by atoms with Gasteiger partial charge in [0.15, 0.2) is 0 Å². The largest absolute Gasteiger partial charge is 0.490 e. The highest BCUT2D eigenvalue weighted by atomic mass is 16.5. The molecule has 3 rings (SSSR count). The van der Waals surface area contributed by atoms with E-state index in [1.165, 1.54) is 49.7 Å². The lowest BCUT2D eigenvalue weighted by molar-refractivity contribution is -0.0676. The summed E-state index contributed by atoms with van der Waals surface area (Å²) in [5.74, 6) is 0.876. The van der Waals surface area contributed by atoms with Crippen molar-refractivity contribution >= 4 is 0 Å². The molecule has 0 spiro atoms. The van der Waals surface area contributed by atoms with Gasteiger partial charge in [0.25, 0.3) is 0 Å². The van der Waals surface area contributed by atoms with E-state index in [0.29, 0.717) is 25.8 Å². The van der Waals surface area contributed by atoms with Crippen LogP contribution in [-0.4, -0.2) is 54.6 Å². The van der Waals surface area contributed by atoms with Crippen LogP contribution in [-0.2, 0) is 4.74 Å². The zero-order valence-electron chi connectivity index (χ0n) is 16.7. The van der Waals surface area contributed by atoms with Gasteiger partial charge in [-0.3, -0.25) is 4.90 Å². The van der Waals surface area contributed by atoms with E-state index in [4.69, 9.17) is 9.47 Å². The van der Waals surface area contributed by atoms with E-state index >= 15 is 0 Å². The molecule has 1 N–H and O–H groups in total. The van der Waals surface area contributed by atoms with Crippen LogP contribution in [0.25, 0.3) is 0 Å². The Labute approximate surface area is 158 Å². The molecule has 1 aromatic rings. The van der Waals surface area contributed by atoms with Crippen molar-refractivity contribution < 1.29 is 14.6 Å². The Kier molecular flexibility index (Phi) is 6.60. The first kappa shape index (κ1) is 19.7. The van der Waals surface area contributed by atoms with Gasteiger partial charge in [0, 0.05) is 19.1 Å². The van der Waals surface area contributed by atoms with Gasteiger partial charge in [-0.05, 0) is 56.4 Å². The van der Waals surface area contributed by atoms with Gasteiger partial charge in [-0.1, -0.05) is 31.7 Å². The molecule has 0 aromatic heterocycles. The van der Waals surface area contributed by atoms with Crippen molar-refractivity contribution in [1.29, 1.82) is 0 Å². The molecule has 26 heavy (non-hydrogen) atoms. The second-order valence-corrected chi connectivity index (χ2v) is 8.39. The summed E-state index contributed by atoms with van der Waals surface area (Å²) in [5, 5.41) is 11.2. The second-order valence-electron chi connectivity index (χ2n) is 8.39. The third-order valence-corrected chi connectivity index (χ3v) is 5.99. The molecular weight excluding hydrogens is 326 g/mol. The summed E-state index contributed by atoms with van der Waals surface area (Å²) in [6.07, 6.45) is 7.79. The Morgan fingerprint density at radius 1 is 1.15 bits per heavy atom. The van der Waals surface area contributed by atoms with Crippen LogP contribution in [0.3, 0.4) is 0 Å². The number of aliphatic hydroxyl groups is 1. The molecule has 4 heteroatoms. The zero-order valence-corrected chi connectivity index (χ0v) is 16.7. The van der Waals surface area contributed by atoms with Gasteiger partial charge < -0.3 is 14.6 Å². The molecule has 1 heterocycles. The van der Waals surface area contributed by atoms with Gasteiger partial charge in [0.2, 0.25) is 0 Å². The number of β-amino-alcohol motifs (C(OH)–C–C–N with tert-alkyl or cyclic N) is 1. The first-order valence-electron chi connectivity index (χ1n) is 10.2. The highest BCUT2D eigenvalue weighted by Gasteiger charge is 2.36. The molecule has 1 aromatic carbocycles. The fourth-order valence-electron chi connectivity index (χ4n) is 4.33. The molecule has 1 saturated heterocycles. The molecule has 1 aliphatic heterocycles. The summed E-state index contributed by atoms with van der Waals surface area (Å²) in [5.41, 5.74) is 2.61. The van der Waals surface area contributed by atoms with Crippen LogP contribution in [0.15, 0.2) is 12.1 Å². The number of hydrogen-bond acceptors (Lipinski definition) is 4. The predicted molar refractivity (Wildman–Crippen MR) is 105 cm³/mol. The molecular formula is C22H35NO3. The van der Waals surface area contributed by atoms with Crippen molar-refractivity contribution in [3.05, 3.63) is 28.8 Å². The van der Waals surface area contributed by atoms with Crippen molar-refractivity contribution in [3.63, 3.8) is 0 Å². The van der Waals surface area contributed by atoms with Crippen molar-refractivity contribution in [2.45, 2.75) is 70.9 Å². The van der Waals surface area contributed by atoms with Gasteiger partial charge >= 0.3 is 0 Å². The van der Waals surface area contributed by atoms with Crippen molar-refractivity contribution in [1.82, 2.24) is 4.90 Å². The van der Waals surface area contributed by atoms with E-state index < -0.39 is 5.60 Å². The van der Waals surface area contributed by atoms with Crippen molar-refractivity contribution in [2.75, 3.05) is 32.9 Å². The van der Waals surface area contributed by atoms with Gasteiger partial charge in [-0.2, -0.15) is 0 Å². The van der Waals surface area contributed by atoms with Crippen molar-refractivity contribution in [3.8, 4) is 5.75 Å². The lowest BCUT2D eigenvalue weighted by Crippen LogP contribution is -2.51. The van der Waals surface area contributed by atoms with Crippen LogP contribution in [0.5, 0.6) is 5.75 Å². The number of ether oxygens (including phenoxy) is 2. The van der Waals surface area contributed by atoms with Crippen molar-refractivity contribution in [2.24, 2.45) is 0 Å². The van der Waals surface area contributed by atoms with E-state index in [9.17, 15) is 5.11 Å². The minimum absolute atomic E-state index is 0.278. The Hall–Kier alpha value is -1.10. The summed E-state index contributed by atoms with van der Waals surface area (Å²) in [6.45, 7) is 9.14.